The summed E-state index contributed by atoms with van der Waals surface area (Å²) in [5, 5.41) is 12.8. The molecule has 0 radical (unpaired) electrons. The molecule has 172 valence electrons. The molecule has 1 aliphatic rings. The zero-order valence-electron chi connectivity index (χ0n) is 18.7. The van der Waals surface area contributed by atoms with E-state index in [1.807, 2.05) is 48.5 Å². The van der Waals surface area contributed by atoms with Gasteiger partial charge in [0.2, 0.25) is 0 Å². The fourth-order valence-electron chi connectivity index (χ4n) is 4.23. The number of aromatic carboxylic acids is 1. The minimum absolute atomic E-state index is 0.0336. The predicted molar refractivity (Wildman–Crippen MR) is 125 cm³/mol. The van der Waals surface area contributed by atoms with Crippen molar-refractivity contribution in [2.24, 2.45) is 7.05 Å². The molecular weight excluding hydrogens is 418 g/mol. The smallest absolute Gasteiger partial charge is 0.356 e. The summed E-state index contributed by atoms with van der Waals surface area (Å²) in [4.78, 5) is 27.3. The minimum atomic E-state index is -1.13. The Morgan fingerprint density at radius 3 is 2.21 bits per heavy atom. The van der Waals surface area contributed by atoms with E-state index in [0.29, 0.717) is 0 Å². The number of ether oxygens (including phenoxy) is 1. The lowest BCUT2D eigenvalue weighted by molar-refractivity contribution is 0.0681. The Balaban J connectivity index is 1.40. The molecule has 2 N–H and O–H groups in total. The Labute approximate surface area is 193 Å². The minimum Gasteiger partial charge on any atom is -0.486 e. The monoisotopic (exact) mass is 447 g/mol. The van der Waals surface area contributed by atoms with Crippen LogP contribution in [-0.4, -0.2) is 45.6 Å². The highest BCUT2D eigenvalue weighted by Gasteiger charge is 2.28. The molecule has 33 heavy (non-hydrogen) atoms. The van der Waals surface area contributed by atoms with Gasteiger partial charge in [-0.15, -0.1) is 0 Å². The van der Waals surface area contributed by atoms with Crippen molar-refractivity contribution in [3.8, 4) is 5.75 Å². The number of nitrogens with zero attached hydrogens (tertiary/aromatic N) is 2. The summed E-state index contributed by atoms with van der Waals surface area (Å²) >= 11 is 0. The van der Waals surface area contributed by atoms with E-state index in [1.54, 1.807) is 7.05 Å². The normalized spacial score (nSPS) is 14.7. The Kier molecular flexibility index (Phi) is 7.10. The van der Waals surface area contributed by atoms with Crippen LogP contribution in [0.1, 0.15) is 44.8 Å². The third-order valence-corrected chi connectivity index (χ3v) is 5.98. The molecule has 2 heterocycles. The predicted octanol–water partition coefficient (Wildman–Crippen LogP) is 3.70. The number of benzene rings is 2. The first-order valence-electron chi connectivity index (χ1n) is 11.2. The lowest BCUT2D eigenvalue weighted by atomic mass is 10.0. The summed E-state index contributed by atoms with van der Waals surface area (Å²) in [7, 11) is 1.61. The number of piperidine rings is 1. The molecule has 1 amide bonds. The number of aryl methyl sites for hydroxylation is 1. The number of nitrogens with one attached hydrogen (secondary N) is 1. The zero-order valence-corrected chi connectivity index (χ0v) is 18.7. The first kappa shape index (κ1) is 22.6. The molecule has 0 bridgehead atoms. The molecule has 1 aromatic heterocycles. The molecule has 0 unspecified atom stereocenters. The van der Waals surface area contributed by atoms with Gasteiger partial charge in [-0.1, -0.05) is 60.7 Å². The Morgan fingerprint density at radius 1 is 1.00 bits per heavy atom. The first-order valence-corrected chi connectivity index (χ1v) is 11.2. The van der Waals surface area contributed by atoms with Gasteiger partial charge in [0.15, 0.2) is 11.4 Å². The van der Waals surface area contributed by atoms with Crippen LogP contribution in [0.5, 0.6) is 5.75 Å². The highest BCUT2D eigenvalue weighted by Crippen LogP contribution is 2.28. The second-order valence-corrected chi connectivity index (χ2v) is 8.42. The number of carbonyl (C=O) groups is 2. The van der Waals surface area contributed by atoms with Crippen molar-refractivity contribution in [3.63, 3.8) is 0 Å². The van der Waals surface area contributed by atoms with E-state index in [9.17, 15) is 14.7 Å². The highest BCUT2D eigenvalue weighted by molar-refractivity contribution is 6.02. The van der Waals surface area contributed by atoms with Gasteiger partial charge in [-0.3, -0.25) is 9.69 Å². The zero-order chi connectivity index (χ0) is 23.2. The van der Waals surface area contributed by atoms with E-state index in [-0.39, 0.29) is 35.6 Å². The fraction of sp³-hybridized carbons (Fsp3) is 0.308. The van der Waals surface area contributed by atoms with Gasteiger partial charge in [0, 0.05) is 38.9 Å². The van der Waals surface area contributed by atoms with Crippen molar-refractivity contribution in [1.82, 2.24) is 14.8 Å². The van der Waals surface area contributed by atoms with Crippen molar-refractivity contribution in [3.05, 3.63) is 89.2 Å². The van der Waals surface area contributed by atoms with Gasteiger partial charge >= 0.3 is 5.97 Å². The maximum absolute atomic E-state index is 13.1. The van der Waals surface area contributed by atoms with Crippen molar-refractivity contribution >= 4 is 11.9 Å². The maximum Gasteiger partial charge on any atom is 0.356 e. The van der Waals surface area contributed by atoms with Gasteiger partial charge in [-0.05, 0) is 24.0 Å². The summed E-state index contributed by atoms with van der Waals surface area (Å²) < 4.78 is 7.29. The van der Waals surface area contributed by atoms with Crippen LogP contribution < -0.4 is 10.1 Å². The largest absolute Gasteiger partial charge is 0.486 e. The van der Waals surface area contributed by atoms with E-state index in [4.69, 9.17) is 4.74 Å². The third kappa shape index (κ3) is 5.62. The van der Waals surface area contributed by atoms with Gasteiger partial charge in [0.25, 0.3) is 5.91 Å². The van der Waals surface area contributed by atoms with E-state index < -0.39 is 5.97 Å². The van der Waals surface area contributed by atoms with Crippen LogP contribution in [-0.2, 0) is 20.2 Å². The molecule has 0 saturated carbocycles. The van der Waals surface area contributed by atoms with Crippen molar-refractivity contribution in [1.29, 1.82) is 0 Å². The second kappa shape index (κ2) is 10.4. The van der Waals surface area contributed by atoms with Gasteiger partial charge in [-0.25, -0.2) is 4.79 Å². The number of hydrogen-bond acceptors (Lipinski definition) is 4. The Morgan fingerprint density at radius 2 is 1.61 bits per heavy atom. The average molecular weight is 448 g/mol. The molecule has 1 aliphatic heterocycles. The van der Waals surface area contributed by atoms with Crippen molar-refractivity contribution < 1.29 is 19.4 Å². The standard InChI is InChI=1S/C26H29N3O4/c1-28-17-22(24(23(28)26(31)32)33-18-20-10-6-3-7-11-20)25(30)27-21-12-14-29(15-13-21)16-19-8-4-2-5-9-19/h2-11,17,21H,12-16,18H2,1H3,(H,27,30)(H,31,32). The topological polar surface area (TPSA) is 83.8 Å². The SMILES string of the molecule is Cn1cc(C(=O)NC2CCN(Cc3ccccc3)CC2)c(OCc2ccccc2)c1C(=O)O. The van der Waals surface area contributed by atoms with E-state index in [1.165, 1.54) is 16.3 Å². The Hall–Kier alpha value is -3.58. The molecular formula is C26H29N3O4. The van der Waals surface area contributed by atoms with Crippen LogP contribution in [0.3, 0.4) is 0 Å². The number of aromatic nitrogens is 1. The summed E-state index contributed by atoms with van der Waals surface area (Å²) in [5.41, 5.74) is 2.40. The summed E-state index contributed by atoms with van der Waals surface area (Å²) in [6, 6.07) is 19.9. The van der Waals surface area contributed by atoms with Gasteiger partial charge < -0.3 is 19.7 Å². The maximum atomic E-state index is 13.1. The molecule has 1 fully saturated rings. The summed E-state index contributed by atoms with van der Waals surface area (Å²) in [5.74, 6) is -1.33. The van der Waals surface area contributed by atoms with Gasteiger partial charge in [0.05, 0.1) is 5.56 Å². The van der Waals surface area contributed by atoms with Crippen LogP contribution in [0.25, 0.3) is 0 Å². The molecule has 4 rings (SSSR count). The number of hydrogen-bond donors (Lipinski definition) is 2. The highest BCUT2D eigenvalue weighted by atomic mass is 16.5. The number of carboxylic acids is 1. The number of likely N-dealkylation sites (tertiary alicyclic amines) is 1. The second-order valence-electron chi connectivity index (χ2n) is 8.42. The van der Waals surface area contributed by atoms with Crippen molar-refractivity contribution in [2.45, 2.75) is 32.0 Å². The van der Waals surface area contributed by atoms with E-state index >= 15 is 0 Å². The number of amides is 1. The lowest BCUT2D eigenvalue weighted by Gasteiger charge is -2.32. The molecule has 0 spiro atoms. The molecule has 0 atom stereocenters. The van der Waals surface area contributed by atoms with Crippen LogP contribution in [0, 0.1) is 0 Å². The molecule has 0 aliphatic carbocycles. The fourth-order valence-corrected chi connectivity index (χ4v) is 4.23. The lowest BCUT2D eigenvalue weighted by Crippen LogP contribution is -2.44. The Bertz CT molecular complexity index is 1090. The van der Waals surface area contributed by atoms with Crippen LogP contribution in [0.4, 0.5) is 0 Å². The molecule has 3 aromatic rings. The molecule has 1 saturated heterocycles. The molecule has 7 heteroatoms. The van der Waals surface area contributed by atoms with Gasteiger partial charge in [0.1, 0.15) is 6.61 Å². The molecule has 7 nitrogen and oxygen atoms in total. The number of carbonyl (C=O) groups excluding carboxylic acids is 1. The first-order chi connectivity index (χ1) is 16.0. The van der Waals surface area contributed by atoms with E-state index in [2.05, 4.69) is 22.3 Å². The summed E-state index contributed by atoms with van der Waals surface area (Å²) in [6.45, 7) is 2.88. The number of rotatable bonds is 8. The third-order valence-electron chi connectivity index (χ3n) is 5.98. The van der Waals surface area contributed by atoms with E-state index in [0.717, 1.165) is 38.0 Å². The van der Waals surface area contributed by atoms with Crippen LogP contribution in [0.2, 0.25) is 0 Å². The quantitative estimate of drug-likeness (QED) is 0.550. The summed E-state index contributed by atoms with van der Waals surface area (Å²) in [6.07, 6.45) is 3.22. The number of carboxylic acid groups (broad SMARTS) is 1. The van der Waals surface area contributed by atoms with Crippen LogP contribution >= 0.6 is 0 Å². The van der Waals surface area contributed by atoms with Crippen LogP contribution in [0.15, 0.2) is 66.9 Å². The van der Waals surface area contributed by atoms with Gasteiger partial charge in [-0.2, -0.15) is 0 Å². The molecule has 2 aromatic carbocycles. The van der Waals surface area contributed by atoms with Crippen molar-refractivity contribution in [2.75, 3.05) is 13.1 Å². The average Bonchev–Trinajstić information content (AvgIpc) is 3.17.